The van der Waals surface area contributed by atoms with Gasteiger partial charge < -0.3 is 15.4 Å². The number of amides is 1. The molecule has 1 saturated heterocycles. The molecule has 1 unspecified atom stereocenters. The summed E-state index contributed by atoms with van der Waals surface area (Å²) in [4.78, 5) is 11.5. The smallest absolute Gasteiger partial charge is 0.221 e. The third kappa shape index (κ3) is 4.49. The molecule has 0 spiro atoms. The van der Waals surface area contributed by atoms with E-state index in [2.05, 4.69) is 10.6 Å². The number of rotatable bonds is 7. The lowest BCUT2D eigenvalue weighted by Gasteiger charge is -2.10. The van der Waals surface area contributed by atoms with Crippen LogP contribution >= 0.6 is 0 Å². The molecule has 0 aromatic heterocycles. The summed E-state index contributed by atoms with van der Waals surface area (Å²) < 4.78 is 5.45. The highest BCUT2D eigenvalue weighted by Crippen LogP contribution is 2.28. The molecule has 1 aliphatic heterocycles. The average molecular weight is 226 g/mol. The number of nitrogens with one attached hydrogen (secondary N) is 2. The molecule has 1 atom stereocenters. The third-order valence-electron chi connectivity index (χ3n) is 3.21. The Morgan fingerprint density at radius 2 is 2.25 bits per heavy atom. The van der Waals surface area contributed by atoms with Crippen LogP contribution in [0.2, 0.25) is 0 Å². The first kappa shape index (κ1) is 11.9. The third-order valence-corrected chi connectivity index (χ3v) is 3.21. The second kappa shape index (κ2) is 6.21. The molecule has 0 aromatic rings. The van der Waals surface area contributed by atoms with Crippen LogP contribution in [0.3, 0.4) is 0 Å². The fourth-order valence-corrected chi connectivity index (χ4v) is 2.02. The normalized spacial score (nSPS) is 24.6. The van der Waals surface area contributed by atoms with E-state index < -0.39 is 0 Å². The Labute approximate surface area is 97.1 Å². The van der Waals surface area contributed by atoms with Gasteiger partial charge in [-0.05, 0) is 38.1 Å². The minimum atomic E-state index is 0.148. The molecule has 1 aliphatic carbocycles. The molecular formula is C12H22N2O2. The highest BCUT2D eigenvalue weighted by atomic mass is 16.5. The van der Waals surface area contributed by atoms with E-state index in [1.807, 2.05) is 0 Å². The topological polar surface area (TPSA) is 50.4 Å². The highest BCUT2D eigenvalue weighted by Gasteiger charge is 2.21. The summed E-state index contributed by atoms with van der Waals surface area (Å²) >= 11 is 0. The zero-order valence-corrected chi connectivity index (χ0v) is 9.84. The van der Waals surface area contributed by atoms with Gasteiger partial charge in [-0.2, -0.15) is 0 Å². The van der Waals surface area contributed by atoms with Crippen LogP contribution in [-0.4, -0.2) is 38.3 Å². The van der Waals surface area contributed by atoms with Crippen molar-refractivity contribution in [3.05, 3.63) is 0 Å². The number of hydrogen-bond acceptors (Lipinski definition) is 3. The Kier molecular flexibility index (Phi) is 4.60. The second-order valence-electron chi connectivity index (χ2n) is 4.87. The predicted octanol–water partition coefficient (Wildman–Crippen LogP) is 0.671. The Hall–Kier alpha value is -0.610. The van der Waals surface area contributed by atoms with Crippen molar-refractivity contribution in [2.45, 2.75) is 38.1 Å². The second-order valence-corrected chi connectivity index (χ2v) is 4.87. The minimum absolute atomic E-state index is 0.148. The molecule has 92 valence electrons. The van der Waals surface area contributed by atoms with Crippen molar-refractivity contribution in [3.8, 4) is 0 Å². The van der Waals surface area contributed by atoms with E-state index in [1.165, 1.54) is 19.3 Å². The van der Waals surface area contributed by atoms with Crippen molar-refractivity contribution >= 4 is 5.91 Å². The van der Waals surface area contributed by atoms with Crippen molar-refractivity contribution in [1.82, 2.24) is 10.6 Å². The van der Waals surface area contributed by atoms with Crippen LogP contribution in [0.5, 0.6) is 0 Å². The quantitative estimate of drug-likeness (QED) is 0.627. The van der Waals surface area contributed by atoms with E-state index in [9.17, 15) is 4.79 Å². The number of carbonyl (C=O) groups excluding carboxylic acids is 1. The van der Waals surface area contributed by atoms with E-state index >= 15 is 0 Å². The maximum absolute atomic E-state index is 11.5. The van der Waals surface area contributed by atoms with E-state index in [1.54, 1.807) is 0 Å². The van der Waals surface area contributed by atoms with Gasteiger partial charge in [0, 0.05) is 25.6 Å². The van der Waals surface area contributed by atoms with Crippen LogP contribution in [0.1, 0.15) is 32.1 Å². The van der Waals surface area contributed by atoms with Crippen LogP contribution in [0.15, 0.2) is 0 Å². The van der Waals surface area contributed by atoms with Gasteiger partial charge in [-0.1, -0.05) is 0 Å². The molecule has 1 saturated carbocycles. The first-order valence-electron chi connectivity index (χ1n) is 6.42. The number of ether oxygens (including phenoxy) is 1. The van der Waals surface area contributed by atoms with E-state index in [0.29, 0.717) is 25.6 Å². The average Bonchev–Trinajstić information content (AvgIpc) is 2.95. The van der Waals surface area contributed by atoms with Crippen molar-refractivity contribution in [1.29, 1.82) is 0 Å². The summed E-state index contributed by atoms with van der Waals surface area (Å²) in [6, 6.07) is 0.396. The SMILES string of the molecule is O=C(CC1CCCN1)NCCOCC1CC1. The molecule has 2 aliphatic rings. The highest BCUT2D eigenvalue weighted by molar-refractivity contribution is 5.76. The Balaban J connectivity index is 1.43. The summed E-state index contributed by atoms with van der Waals surface area (Å²) in [5.74, 6) is 0.952. The molecule has 0 bridgehead atoms. The van der Waals surface area contributed by atoms with Gasteiger partial charge in [0.05, 0.1) is 6.61 Å². The Morgan fingerprint density at radius 1 is 1.38 bits per heavy atom. The lowest BCUT2D eigenvalue weighted by molar-refractivity contribution is -0.121. The molecule has 0 aromatic carbocycles. The van der Waals surface area contributed by atoms with Gasteiger partial charge in [-0.15, -0.1) is 0 Å². The molecule has 16 heavy (non-hydrogen) atoms. The van der Waals surface area contributed by atoms with Gasteiger partial charge in [0.15, 0.2) is 0 Å². The van der Waals surface area contributed by atoms with Gasteiger partial charge in [0.2, 0.25) is 5.91 Å². The molecule has 1 amide bonds. The van der Waals surface area contributed by atoms with Gasteiger partial charge in [0.1, 0.15) is 0 Å². The number of carbonyl (C=O) groups is 1. The lowest BCUT2D eigenvalue weighted by Crippen LogP contribution is -2.33. The summed E-state index contributed by atoms with van der Waals surface area (Å²) in [7, 11) is 0. The summed E-state index contributed by atoms with van der Waals surface area (Å²) in [5.41, 5.74) is 0. The molecule has 4 nitrogen and oxygen atoms in total. The zero-order chi connectivity index (χ0) is 11.2. The van der Waals surface area contributed by atoms with Crippen molar-refractivity contribution < 1.29 is 9.53 Å². The molecule has 1 heterocycles. The van der Waals surface area contributed by atoms with Gasteiger partial charge in [-0.3, -0.25) is 4.79 Å². The van der Waals surface area contributed by atoms with Crippen LogP contribution in [0, 0.1) is 5.92 Å². The molecule has 2 fully saturated rings. The molecule has 2 rings (SSSR count). The maximum Gasteiger partial charge on any atom is 0.221 e. The van der Waals surface area contributed by atoms with Crippen LogP contribution < -0.4 is 10.6 Å². The fraction of sp³-hybridized carbons (Fsp3) is 0.917. The van der Waals surface area contributed by atoms with E-state index in [4.69, 9.17) is 4.74 Å². The van der Waals surface area contributed by atoms with Crippen LogP contribution in [0.25, 0.3) is 0 Å². The van der Waals surface area contributed by atoms with Crippen molar-refractivity contribution in [2.24, 2.45) is 5.92 Å². The monoisotopic (exact) mass is 226 g/mol. The Bertz CT molecular complexity index is 223. The largest absolute Gasteiger partial charge is 0.379 e. The summed E-state index contributed by atoms with van der Waals surface area (Å²) in [5, 5.41) is 6.22. The van der Waals surface area contributed by atoms with Gasteiger partial charge in [-0.25, -0.2) is 0 Å². The standard InChI is InChI=1S/C12H22N2O2/c15-12(8-11-2-1-5-13-11)14-6-7-16-9-10-3-4-10/h10-11,13H,1-9H2,(H,14,15). The van der Waals surface area contributed by atoms with Gasteiger partial charge in [0.25, 0.3) is 0 Å². The minimum Gasteiger partial charge on any atom is -0.379 e. The molecule has 2 N–H and O–H groups in total. The molecule has 4 heteroatoms. The zero-order valence-electron chi connectivity index (χ0n) is 9.84. The number of hydrogen-bond donors (Lipinski definition) is 2. The predicted molar refractivity (Wildman–Crippen MR) is 62.2 cm³/mol. The lowest BCUT2D eigenvalue weighted by atomic mass is 10.1. The van der Waals surface area contributed by atoms with Crippen molar-refractivity contribution in [2.75, 3.05) is 26.3 Å². The fourth-order valence-electron chi connectivity index (χ4n) is 2.02. The van der Waals surface area contributed by atoms with Crippen molar-refractivity contribution in [3.63, 3.8) is 0 Å². The van der Waals surface area contributed by atoms with Crippen LogP contribution in [-0.2, 0) is 9.53 Å². The Morgan fingerprint density at radius 3 is 2.94 bits per heavy atom. The molecular weight excluding hydrogens is 204 g/mol. The first-order chi connectivity index (χ1) is 7.84. The van der Waals surface area contributed by atoms with E-state index in [0.717, 1.165) is 25.5 Å². The maximum atomic E-state index is 11.5. The van der Waals surface area contributed by atoms with E-state index in [-0.39, 0.29) is 5.91 Å². The summed E-state index contributed by atoms with van der Waals surface area (Å²) in [6.45, 7) is 3.24. The van der Waals surface area contributed by atoms with Crippen LogP contribution in [0.4, 0.5) is 0 Å². The first-order valence-corrected chi connectivity index (χ1v) is 6.42. The van der Waals surface area contributed by atoms with Gasteiger partial charge >= 0.3 is 0 Å². The molecule has 0 radical (unpaired) electrons. The summed E-state index contributed by atoms with van der Waals surface area (Å²) in [6.07, 6.45) is 5.58.